The third-order valence-electron chi connectivity index (χ3n) is 2.61. The number of nitrogens with two attached hydrogens (primary N) is 1. The lowest BCUT2D eigenvalue weighted by atomic mass is 10.0. The van der Waals surface area contributed by atoms with Gasteiger partial charge in [-0.15, -0.1) is 10.2 Å². The first-order chi connectivity index (χ1) is 7.49. The summed E-state index contributed by atoms with van der Waals surface area (Å²) in [6.07, 6.45) is 0.453. The number of likely N-dealkylation sites (tertiary alicyclic amines) is 1. The molecule has 88 valence electrons. The van der Waals surface area contributed by atoms with Gasteiger partial charge in [0.25, 0.3) is 0 Å². The second-order valence-corrected chi connectivity index (χ2v) is 5.51. The van der Waals surface area contributed by atoms with E-state index >= 15 is 0 Å². The van der Waals surface area contributed by atoms with Crippen molar-refractivity contribution in [2.75, 3.05) is 13.1 Å². The summed E-state index contributed by atoms with van der Waals surface area (Å²) >= 11 is 6.96. The first-order valence-corrected chi connectivity index (χ1v) is 5.91. The zero-order valence-electron chi connectivity index (χ0n) is 8.39. The minimum absolute atomic E-state index is 0.333. The molecule has 2 heterocycles. The predicted octanol–water partition coefficient (Wildman–Crippen LogP) is 0.179. The molecule has 1 aliphatic rings. The number of nitrogens with zero attached hydrogens (tertiary/aromatic N) is 3. The van der Waals surface area contributed by atoms with Gasteiger partial charge in [0.05, 0.1) is 6.54 Å². The molecule has 8 heteroatoms. The van der Waals surface area contributed by atoms with Crippen LogP contribution in [-0.2, 0) is 11.3 Å². The van der Waals surface area contributed by atoms with Crippen LogP contribution in [0.25, 0.3) is 0 Å². The van der Waals surface area contributed by atoms with Crippen molar-refractivity contribution in [1.82, 2.24) is 15.1 Å². The highest BCUT2D eigenvalue weighted by Gasteiger charge is 2.41. The number of carbonyl (C=O) groups is 1. The molecule has 1 aromatic heterocycles. The maximum Gasteiger partial charge on any atom is 0.325 e. The van der Waals surface area contributed by atoms with Gasteiger partial charge in [0.15, 0.2) is 0 Å². The number of rotatable bonds is 3. The predicted molar refractivity (Wildman–Crippen MR) is 59.4 cm³/mol. The van der Waals surface area contributed by atoms with Crippen LogP contribution in [0.2, 0.25) is 4.47 Å². The van der Waals surface area contributed by atoms with Crippen LogP contribution >= 0.6 is 22.9 Å². The Morgan fingerprint density at radius 2 is 2.44 bits per heavy atom. The fourth-order valence-electron chi connectivity index (χ4n) is 1.71. The van der Waals surface area contributed by atoms with Gasteiger partial charge in [-0.05, 0) is 18.0 Å². The van der Waals surface area contributed by atoms with Crippen molar-refractivity contribution in [3.8, 4) is 0 Å². The fourth-order valence-corrected chi connectivity index (χ4v) is 2.62. The molecule has 6 nitrogen and oxygen atoms in total. The number of aromatic nitrogens is 2. The molecule has 0 radical (unpaired) electrons. The zero-order valence-corrected chi connectivity index (χ0v) is 9.96. The van der Waals surface area contributed by atoms with Gasteiger partial charge in [-0.2, -0.15) is 0 Å². The SMILES string of the molecule is NC1(C(=O)O)CCN(Cc2nnc(Cl)s2)C1. The van der Waals surface area contributed by atoms with Gasteiger partial charge >= 0.3 is 5.97 Å². The average molecular weight is 263 g/mol. The van der Waals surface area contributed by atoms with Crippen molar-refractivity contribution in [2.45, 2.75) is 18.5 Å². The van der Waals surface area contributed by atoms with E-state index in [-0.39, 0.29) is 0 Å². The Morgan fingerprint density at radius 1 is 1.69 bits per heavy atom. The van der Waals surface area contributed by atoms with Crippen LogP contribution in [-0.4, -0.2) is 44.8 Å². The molecule has 0 spiro atoms. The van der Waals surface area contributed by atoms with E-state index in [1.807, 2.05) is 4.90 Å². The quantitative estimate of drug-likeness (QED) is 0.807. The van der Waals surface area contributed by atoms with Gasteiger partial charge in [-0.1, -0.05) is 11.3 Å². The maximum absolute atomic E-state index is 10.9. The number of carboxylic acids is 1. The third kappa shape index (κ3) is 2.32. The number of hydrogen-bond donors (Lipinski definition) is 2. The van der Waals surface area contributed by atoms with Crippen LogP contribution in [0.1, 0.15) is 11.4 Å². The lowest BCUT2D eigenvalue weighted by Crippen LogP contribution is -2.50. The first kappa shape index (κ1) is 11.7. The van der Waals surface area contributed by atoms with E-state index < -0.39 is 11.5 Å². The summed E-state index contributed by atoms with van der Waals surface area (Å²) in [6.45, 7) is 1.54. The summed E-state index contributed by atoms with van der Waals surface area (Å²) in [5, 5.41) is 17.3. The summed E-state index contributed by atoms with van der Waals surface area (Å²) in [6, 6.07) is 0. The van der Waals surface area contributed by atoms with Crippen LogP contribution in [0.15, 0.2) is 0 Å². The molecule has 1 atom stereocenters. The fraction of sp³-hybridized carbons (Fsp3) is 0.625. The van der Waals surface area contributed by atoms with Crippen LogP contribution in [0.3, 0.4) is 0 Å². The molecule has 0 amide bonds. The Bertz CT molecular complexity index is 412. The normalized spacial score (nSPS) is 26.1. The molecule has 1 aromatic rings. The molecule has 16 heavy (non-hydrogen) atoms. The topological polar surface area (TPSA) is 92.3 Å². The highest BCUT2D eigenvalue weighted by Crippen LogP contribution is 2.23. The summed E-state index contributed by atoms with van der Waals surface area (Å²) in [7, 11) is 0. The molecule has 0 aliphatic carbocycles. The Hall–Kier alpha value is -0.760. The molecule has 1 unspecified atom stereocenters. The van der Waals surface area contributed by atoms with Gasteiger partial charge in [0.1, 0.15) is 10.5 Å². The van der Waals surface area contributed by atoms with E-state index in [2.05, 4.69) is 10.2 Å². The van der Waals surface area contributed by atoms with Gasteiger partial charge in [-0.25, -0.2) is 0 Å². The molecular weight excluding hydrogens is 252 g/mol. The van der Waals surface area contributed by atoms with Crippen molar-refractivity contribution in [3.63, 3.8) is 0 Å². The number of hydrogen-bond acceptors (Lipinski definition) is 6. The first-order valence-electron chi connectivity index (χ1n) is 4.72. The highest BCUT2D eigenvalue weighted by atomic mass is 35.5. The van der Waals surface area contributed by atoms with Crippen LogP contribution in [0, 0.1) is 0 Å². The van der Waals surface area contributed by atoms with E-state index in [9.17, 15) is 4.79 Å². The third-order valence-corrected chi connectivity index (χ3v) is 3.61. The standard InChI is InChI=1S/C8H11ClN4O2S/c9-7-12-11-5(16-7)3-13-2-1-8(10,4-13)6(14)15/h1-4,10H2,(H,14,15). The lowest BCUT2D eigenvalue weighted by molar-refractivity contribution is -0.142. The molecule has 3 N–H and O–H groups in total. The van der Waals surface area contributed by atoms with E-state index in [0.717, 1.165) is 5.01 Å². The van der Waals surface area contributed by atoms with Crippen molar-refractivity contribution in [2.24, 2.45) is 5.73 Å². The Balaban J connectivity index is 1.97. The molecule has 1 fully saturated rings. The minimum Gasteiger partial charge on any atom is -0.480 e. The number of halogens is 1. The summed E-state index contributed by atoms with van der Waals surface area (Å²) in [5.41, 5.74) is 4.62. The van der Waals surface area contributed by atoms with Crippen LogP contribution in [0.4, 0.5) is 0 Å². The molecule has 0 aromatic carbocycles. The van der Waals surface area contributed by atoms with Gasteiger partial charge < -0.3 is 10.8 Å². The van der Waals surface area contributed by atoms with E-state index in [0.29, 0.717) is 30.5 Å². The lowest BCUT2D eigenvalue weighted by Gasteiger charge is -2.18. The van der Waals surface area contributed by atoms with Crippen molar-refractivity contribution in [3.05, 3.63) is 9.47 Å². The van der Waals surface area contributed by atoms with E-state index in [1.165, 1.54) is 11.3 Å². The minimum atomic E-state index is -1.13. The average Bonchev–Trinajstić information content (AvgIpc) is 2.75. The second-order valence-electron chi connectivity index (χ2n) is 3.87. The zero-order chi connectivity index (χ0) is 11.8. The van der Waals surface area contributed by atoms with Crippen molar-refractivity contribution >= 4 is 28.9 Å². The van der Waals surface area contributed by atoms with Gasteiger partial charge in [0.2, 0.25) is 4.47 Å². The Morgan fingerprint density at radius 3 is 2.94 bits per heavy atom. The summed E-state index contributed by atoms with van der Waals surface area (Å²) in [4.78, 5) is 12.9. The molecule has 1 saturated heterocycles. The summed E-state index contributed by atoms with van der Waals surface area (Å²) < 4.78 is 0.395. The van der Waals surface area contributed by atoms with Crippen LogP contribution < -0.4 is 5.73 Å². The van der Waals surface area contributed by atoms with Gasteiger partial charge in [0, 0.05) is 13.1 Å². The number of carboxylic acid groups (broad SMARTS) is 1. The summed E-state index contributed by atoms with van der Waals surface area (Å²) in [5.74, 6) is -0.953. The molecule has 0 saturated carbocycles. The van der Waals surface area contributed by atoms with Crippen molar-refractivity contribution in [1.29, 1.82) is 0 Å². The second kappa shape index (κ2) is 4.25. The van der Waals surface area contributed by atoms with E-state index in [1.54, 1.807) is 0 Å². The van der Waals surface area contributed by atoms with Crippen molar-refractivity contribution < 1.29 is 9.90 Å². The smallest absolute Gasteiger partial charge is 0.325 e. The molecule has 1 aliphatic heterocycles. The van der Waals surface area contributed by atoms with Crippen LogP contribution in [0.5, 0.6) is 0 Å². The van der Waals surface area contributed by atoms with E-state index in [4.69, 9.17) is 22.4 Å². The van der Waals surface area contributed by atoms with Gasteiger partial charge in [-0.3, -0.25) is 9.69 Å². The highest BCUT2D eigenvalue weighted by molar-refractivity contribution is 7.15. The number of aliphatic carboxylic acids is 1. The Kier molecular flexibility index (Phi) is 3.11. The monoisotopic (exact) mass is 262 g/mol. The largest absolute Gasteiger partial charge is 0.480 e. The molecule has 2 rings (SSSR count). The molecular formula is C8H11ClN4O2S. The molecule has 0 bridgehead atoms. The maximum atomic E-state index is 10.9. The Labute approximate surface area is 101 Å².